The van der Waals surface area contributed by atoms with E-state index >= 15 is 0 Å². The van der Waals surface area contributed by atoms with Crippen LogP contribution < -0.4 is 0 Å². The van der Waals surface area contributed by atoms with Gasteiger partial charge in [0, 0.05) is 43.3 Å². The first-order valence-corrected chi connectivity index (χ1v) is 8.15. The van der Waals surface area contributed by atoms with Gasteiger partial charge in [-0.25, -0.2) is 4.98 Å². The van der Waals surface area contributed by atoms with E-state index in [9.17, 15) is 0 Å². The Morgan fingerprint density at radius 2 is 1.96 bits per heavy atom. The molecule has 0 amide bonds. The number of rotatable bonds is 7. The van der Waals surface area contributed by atoms with Crippen molar-refractivity contribution < 1.29 is 4.52 Å². The molecule has 24 heavy (non-hydrogen) atoms. The van der Waals surface area contributed by atoms with Crippen molar-refractivity contribution >= 4 is 0 Å². The molecular weight excluding hydrogens is 302 g/mol. The highest BCUT2D eigenvalue weighted by molar-refractivity contribution is 5.57. The zero-order valence-corrected chi connectivity index (χ0v) is 14.4. The normalized spacial score (nSPS) is 11.5. The van der Waals surface area contributed by atoms with Crippen LogP contribution in [0.25, 0.3) is 11.3 Å². The Balaban J connectivity index is 1.62. The van der Waals surface area contributed by atoms with Crippen molar-refractivity contribution in [3.8, 4) is 11.3 Å². The molecule has 6 nitrogen and oxygen atoms in total. The van der Waals surface area contributed by atoms with Crippen molar-refractivity contribution in [2.24, 2.45) is 5.92 Å². The number of nitrogens with zero attached hydrogens (tertiary/aromatic N) is 5. The summed E-state index contributed by atoms with van der Waals surface area (Å²) >= 11 is 0. The molecule has 0 N–H and O–H groups in total. The molecule has 0 fully saturated rings. The first kappa shape index (κ1) is 16.4. The predicted molar refractivity (Wildman–Crippen MR) is 92.0 cm³/mol. The molecule has 0 aliphatic carbocycles. The highest BCUT2D eigenvalue weighted by atomic mass is 16.5. The summed E-state index contributed by atoms with van der Waals surface area (Å²) in [5.41, 5.74) is 3.06. The highest BCUT2D eigenvalue weighted by Crippen LogP contribution is 2.19. The molecule has 3 rings (SSSR count). The van der Waals surface area contributed by atoms with Crippen LogP contribution in [0.15, 0.2) is 47.6 Å². The van der Waals surface area contributed by atoms with Crippen LogP contribution in [0.3, 0.4) is 0 Å². The lowest BCUT2D eigenvalue weighted by atomic mass is 10.2. The third-order valence-corrected chi connectivity index (χ3v) is 3.75. The standard InChI is InChI=1S/C18H23N5O/c1-14(2)10-23-13-20-9-16(23)11-22(3)12-17-8-18(21-24-17)15-4-6-19-7-5-15/h4-9,13-14H,10-12H2,1-3H3. The summed E-state index contributed by atoms with van der Waals surface area (Å²) in [5.74, 6) is 1.44. The Morgan fingerprint density at radius 3 is 2.71 bits per heavy atom. The topological polar surface area (TPSA) is 60.0 Å². The lowest BCUT2D eigenvalue weighted by Crippen LogP contribution is -2.19. The molecule has 6 heteroatoms. The molecule has 3 aromatic rings. The van der Waals surface area contributed by atoms with Crippen LogP contribution >= 0.6 is 0 Å². The summed E-state index contributed by atoms with van der Waals surface area (Å²) in [6.45, 7) is 6.92. The number of imidazole rings is 1. The molecule has 3 aromatic heterocycles. The quantitative estimate of drug-likeness (QED) is 0.667. The van der Waals surface area contributed by atoms with Crippen molar-refractivity contribution in [3.63, 3.8) is 0 Å². The molecule has 0 saturated heterocycles. The minimum atomic E-state index is 0.598. The summed E-state index contributed by atoms with van der Waals surface area (Å²) in [5, 5.41) is 4.15. The Hall–Kier alpha value is -2.47. The molecular formula is C18H23N5O. The van der Waals surface area contributed by atoms with Crippen LogP contribution in [0, 0.1) is 5.92 Å². The van der Waals surface area contributed by atoms with Crippen LogP contribution in [-0.4, -0.2) is 31.6 Å². The Bertz CT molecular complexity index is 763. The van der Waals surface area contributed by atoms with Gasteiger partial charge >= 0.3 is 0 Å². The second kappa shape index (κ2) is 7.40. The van der Waals surface area contributed by atoms with Crippen molar-refractivity contribution in [2.75, 3.05) is 7.05 Å². The third kappa shape index (κ3) is 4.08. The number of hydrogen-bond acceptors (Lipinski definition) is 5. The first-order chi connectivity index (χ1) is 11.6. The fraction of sp³-hybridized carbons (Fsp3) is 0.389. The van der Waals surface area contributed by atoms with Gasteiger partial charge in [0.15, 0.2) is 5.76 Å². The number of hydrogen-bond donors (Lipinski definition) is 0. The molecule has 0 atom stereocenters. The lowest BCUT2D eigenvalue weighted by molar-refractivity contribution is 0.260. The average Bonchev–Trinajstić information content (AvgIpc) is 3.18. The summed E-state index contributed by atoms with van der Waals surface area (Å²) in [4.78, 5) is 10.5. The number of aromatic nitrogens is 4. The lowest BCUT2D eigenvalue weighted by Gasteiger charge is -2.17. The van der Waals surface area contributed by atoms with Gasteiger partial charge in [0.2, 0.25) is 0 Å². The van der Waals surface area contributed by atoms with Crippen LogP contribution in [0.1, 0.15) is 25.3 Å². The zero-order valence-electron chi connectivity index (χ0n) is 14.4. The second-order valence-corrected chi connectivity index (χ2v) is 6.52. The highest BCUT2D eigenvalue weighted by Gasteiger charge is 2.11. The summed E-state index contributed by atoms with van der Waals surface area (Å²) in [6, 6.07) is 5.84. The Kier molecular flexibility index (Phi) is 5.05. The van der Waals surface area contributed by atoms with E-state index in [2.05, 4.69) is 45.5 Å². The van der Waals surface area contributed by atoms with E-state index in [1.807, 2.05) is 30.7 Å². The van der Waals surface area contributed by atoms with Gasteiger partial charge in [0.1, 0.15) is 5.69 Å². The van der Waals surface area contributed by atoms with Gasteiger partial charge in [-0.15, -0.1) is 0 Å². The second-order valence-electron chi connectivity index (χ2n) is 6.52. The maximum absolute atomic E-state index is 5.47. The van der Waals surface area contributed by atoms with E-state index in [4.69, 9.17) is 4.52 Å². The molecule has 0 spiro atoms. The van der Waals surface area contributed by atoms with Crippen molar-refractivity contribution in [3.05, 3.63) is 54.6 Å². The van der Waals surface area contributed by atoms with Gasteiger partial charge in [0.05, 0.1) is 18.6 Å². The van der Waals surface area contributed by atoms with Gasteiger partial charge in [-0.2, -0.15) is 0 Å². The molecule has 126 valence electrons. The van der Waals surface area contributed by atoms with Gasteiger partial charge in [0.25, 0.3) is 0 Å². The molecule has 0 bridgehead atoms. The van der Waals surface area contributed by atoms with Gasteiger partial charge < -0.3 is 9.09 Å². The largest absolute Gasteiger partial charge is 0.359 e. The van der Waals surface area contributed by atoms with Gasteiger partial charge in [-0.1, -0.05) is 19.0 Å². The van der Waals surface area contributed by atoms with E-state index in [1.54, 1.807) is 12.4 Å². The molecule has 0 aliphatic heterocycles. The van der Waals surface area contributed by atoms with Crippen LogP contribution in [0.4, 0.5) is 0 Å². The molecule has 0 unspecified atom stereocenters. The summed E-state index contributed by atoms with van der Waals surface area (Å²) in [7, 11) is 2.07. The molecule has 0 saturated carbocycles. The fourth-order valence-corrected chi connectivity index (χ4v) is 2.68. The number of pyridine rings is 1. The van der Waals surface area contributed by atoms with Crippen molar-refractivity contribution in [1.29, 1.82) is 0 Å². The maximum Gasteiger partial charge on any atom is 0.151 e. The molecule has 0 aromatic carbocycles. The van der Waals surface area contributed by atoms with E-state index in [1.165, 1.54) is 5.69 Å². The third-order valence-electron chi connectivity index (χ3n) is 3.75. The fourth-order valence-electron chi connectivity index (χ4n) is 2.68. The first-order valence-electron chi connectivity index (χ1n) is 8.15. The smallest absolute Gasteiger partial charge is 0.151 e. The minimum Gasteiger partial charge on any atom is -0.359 e. The average molecular weight is 325 g/mol. The predicted octanol–water partition coefficient (Wildman–Crippen LogP) is 3.22. The van der Waals surface area contributed by atoms with Crippen molar-refractivity contribution in [1.82, 2.24) is 24.6 Å². The van der Waals surface area contributed by atoms with E-state index < -0.39 is 0 Å². The van der Waals surface area contributed by atoms with Gasteiger partial charge in [-0.05, 0) is 25.1 Å². The molecule has 0 radical (unpaired) electrons. The van der Waals surface area contributed by atoms with E-state index in [0.29, 0.717) is 12.5 Å². The van der Waals surface area contributed by atoms with E-state index in [-0.39, 0.29) is 0 Å². The Morgan fingerprint density at radius 1 is 1.17 bits per heavy atom. The molecule has 0 aliphatic rings. The van der Waals surface area contributed by atoms with Gasteiger partial charge in [-0.3, -0.25) is 9.88 Å². The maximum atomic E-state index is 5.47. The van der Waals surface area contributed by atoms with E-state index in [0.717, 1.165) is 30.1 Å². The van der Waals surface area contributed by atoms with Crippen LogP contribution in [0.2, 0.25) is 0 Å². The molecule has 3 heterocycles. The SMILES string of the molecule is CC(C)Cn1cncc1CN(C)Cc1cc(-c2ccncc2)no1. The summed E-state index contributed by atoms with van der Waals surface area (Å²) in [6.07, 6.45) is 7.35. The summed E-state index contributed by atoms with van der Waals surface area (Å²) < 4.78 is 7.68. The van der Waals surface area contributed by atoms with Crippen LogP contribution in [-0.2, 0) is 19.6 Å². The zero-order chi connectivity index (χ0) is 16.9. The van der Waals surface area contributed by atoms with Crippen molar-refractivity contribution in [2.45, 2.75) is 33.5 Å². The Labute approximate surface area is 142 Å². The minimum absolute atomic E-state index is 0.598. The monoisotopic (exact) mass is 325 g/mol. The van der Waals surface area contributed by atoms with Crippen LogP contribution in [0.5, 0.6) is 0 Å².